The van der Waals surface area contributed by atoms with Gasteiger partial charge in [-0.1, -0.05) is 37.3 Å². The first-order valence-corrected chi connectivity index (χ1v) is 9.99. The Hall–Kier alpha value is -1.98. The summed E-state index contributed by atoms with van der Waals surface area (Å²) in [6.07, 6.45) is 5.27. The van der Waals surface area contributed by atoms with Gasteiger partial charge in [-0.2, -0.15) is 0 Å². The standard InChI is InChI=1S/C20H24N4S/c1-2-10-24-11-8-16(9-12-24)23-19-18-17(15-6-4-3-5-7-15)13-25-20(18)22-14-21-19/h3-7,13-14,16H,2,8-12H2,1H3,(H,21,22,23). The van der Waals surface area contributed by atoms with E-state index in [1.54, 1.807) is 17.7 Å². The molecule has 0 atom stereocenters. The first-order chi connectivity index (χ1) is 12.3. The second kappa shape index (κ2) is 7.50. The normalized spacial score (nSPS) is 16.4. The molecule has 0 bridgehead atoms. The number of anilines is 1. The monoisotopic (exact) mass is 352 g/mol. The highest BCUT2D eigenvalue weighted by Gasteiger charge is 2.21. The Morgan fingerprint density at radius 2 is 1.96 bits per heavy atom. The fourth-order valence-electron chi connectivity index (χ4n) is 3.63. The van der Waals surface area contributed by atoms with Crippen LogP contribution in [0, 0.1) is 0 Å². The molecule has 1 aliphatic heterocycles. The number of likely N-dealkylation sites (tertiary alicyclic amines) is 1. The predicted octanol–water partition coefficient (Wildman–Crippen LogP) is 4.64. The SMILES string of the molecule is CCCN1CCC(Nc2ncnc3scc(-c4ccccc4)c23)CC1. The van der Waals surface area contributed by atoms with Crippen molar-refractivity contribution in [2.75, 3.05) is 25.0 Å². The number of thiophene rings is 1. The number of nitrogens with one attached hydrogen (secondary N) is 1. The average Bonchev–Trinajstić information content (AvgIpc) is 3.10. The molecule has 1 aromatic carbocycles. The third-order valence-corrected chi connectivity index (χ3v) is 5.81. The summed E-state index contributed by atoms with van der Waals surface area (Å²) < 4.78 is 0. The van der Waals surface area contributed by atoms with Crippen molar-refractivity contribution in [3.05, 3.63) is 42.0 Å². The van der Waals surface area contributed by atoms with E-state index in [4.69, 9.17) is 0 Å². The lowest BCUT2D eigenvalue weighted by Gasteiger charge is -2.32. The van der Waals surface area contributed by atoms with E-state index in [2.05, 4.69) is 62.8 Å². The lowest BCUT2D eigenvalue weighted by atomic mass is 10.0. The maximum Gasteiger partial charge on any atom is 0.139 e. The lowest BCUT2D eigenvalue weighted by Crippen LogP contribution is -2.39. The highest BCUT2D eigenvalue weighted by atomic mass is 32.1. The van der Waals surface area contributed by atoms with Gasteiger partial charge in [-0.05, 0) is 31.4 Å². The smallest absolute Gasteiger partial charge is 0.139 e. The first-order valence-electron chi connectivity index (χ1n) is 9.11. The van der Waals surface area contributed by atoms with E-state index in [1.165, 1.54) is 50.0 Å². The number of rotatable bonds is 5. The van der Waals surface area contributed by atoms with Crippen LogP contribution in [0.5, 0.6) is 0 Å². The molecule has 1 saturated heterocycles. The van der Waals surface area contributed by atoms with Crippen LogP contribution in [0.15, 0.2) is 42.0 Å². The maximum absolute atomic E-state index is 4.59. The third kappa shape index (κ3) is 3.53. The molecule has 4 rings (SSSR count). The minimum absolute atomic E-state index is 0.495. The molecule has 0 radical (unpaired) electrons. The molecule has 1 fully saturated rings. The molecule has 130 valence electrons. The summed E-state index contributed by atoms with van der Waals surface area (Å²) in [4.78, 5) is 12.7. The van der Waals surface area contributed by atoms with Crippen molar-refractivity contribution in [3.63, 3.8) is 0 Å². The molecular weight excluding hydrogens is 328 g/mol. The van der Waals surface area contributed by atoms with Gasteiger partial charge in [-0.15, -0.1) is 11.3 Å². The van der Waals surface area contributed by atoms with Gasteiger partial charge < -0.3 is 10.2 Å². The largest absolute Gasteiger partial charge is 0.367 e. The number of hydrogen-bond donors (Lipinski definition) is 1. The van der Waals surface area contributed by atoms with Gasteiger partial charge in [-0.25, -0.2) is 9.97 Å². The van der Waals surface area contributed by atoms with Gasteiger partial charge in [0.2, 0.25) is 0 Å². The number of nitrogens with zero attached hydrogens (tertiary/aromatic N) is 3. The van der Waals surface area contributed by atoms with Gasteiger partial charge >= 0.3 is 0 Å². The molecular formula is C20H24N4S. The van der Waals surface area contributed by atoms with E-state index in [0.717, 1.165) is 16.0 Å². The van der Waals surface area contributed by atoms with Crippen molar-refractivity contribution in [3.8, 4) is 11.1 Å². The number of piperidine rings is 1. The van der Waals surface area contributed by atoms with Crippen LogP contribution in [0.3, 0.4) is 0 Å². The predicted molar refractivity (Wildman–Crippen MR) is 106 cm³/mol. The van der Waals surface area contributed by atoms with Gasteiger partial charge in [0.1, 0.15) is 17.0 Å². The van der Waals surface area contributed by atoms with Crippen molar-refractivity contribution in [1.82, 2.24) is 14.9 Å². The van der Waals surface area contributed by atoms with Gasteiger partial charge in [-0.3, -0.25) is 0 Å². The Bertz CT molecular complexity index is 822. The molecule has 5 heteroatoms. The van der Waals surface area contributed by atoms with Crippen LogP contribution < -0.4 is 5.32 Å². The average molecular weight is 353 g/mol. The fraction of sp³-hybridized carbons (Fsp3) is 0.400. The zero-order valence-corrected chi connectivity index (χ0v) is 15.4. The van der Waals surface area contributed by atoms with E-state index in [1.807, 2.05) is 0 Å². The van der Waals surface area contributed by atoms with Crippen LogP contribution in [0.4, 0.5) is 5.82 Å². The summed E-state index contributed by atoms with van der Waals surface area (Å²) in [6.45, 7) is 5.82. The second-order valence-electron chi connectivity index (χ2n) is 6.68. The third-order valence-electron chi connectivity index (χ3n) is 4.92. The summed E-state index contributed by atoms with van der Waals surface area (Å²) in [6, 6.07) is 11.0. The molecule has 1 N–H and O–H groups in total. The minimum atomic E-state index is 0.495. The van der Waals surface area contributed by atoms with Crippen LogP contribution in [0.2, 0.25) is 0 Å². The van der Waals surface area contributed by atoms with Crippen molar-refractivity contribution in [2.45, 2.75) is 32.2 Å². The fourth-order valence-corrected chi connectivity index (χ4v) is 4.54. The molecule has 1 aliphatic rings. The van der Waals surface area contributed by atoms with Gasteiger partial charge in [0, 0.05) is 30.1 Å². The van der Waals surface area contributed by atoms with E-state index >= 15 is 0 Å². The number of benzene rings is 1. The lowest BCUT2D eigenvalue weighted by molar-refractivity contribution is 0.219. The number of aromatic nitrogens is 2. The van der Waals surface area contributed by atoms with Crippen LogP contribution in [-0.2, 0) is 0 Å². The first kappa shape index (κ1) is 16.5. The Labute approximate surface area is 152 Å². The summed E-state index contributed by atoms with van der Waals surface area (Å²) in [5, 5.41) is 7.07. The van der Waals surface area contributed by atoms with Gasteiger partial charge in [0.05, 0.1) is 5.39 Å². The highest BCUT2D eigenvalue weighted by molar-refractivity contribution is 7.17. The minimum Gasteiger partial charge on any atom is -0.367 e. The summed E-state index contributed by atoms with van der Waals surface area (Å²) in [7, 11) is 0. The van der Waals surface area contributed by atoms with Crippen LogP contribution in [0.1, 0.15) is 26.2 Å². The van der Waals surface area contributed by atoms with Crippen LogP contribution in [-0.4, -0.2) is 40.5 Å². The molecule has 0 aliphatic carbocycles. The van der Waals surface area contributed by atoms with E-state index in [-0.39, 0.29) is 0 Å². The van der Waals surface area contributed by atoms with Crippen LogP contribution >= 0.6 is 11.3 Å². The Balaban J connectivity index is 1.59. The molecule has 4 nitrogen and oxygen atoms in total. The van der Waals surface area contributed by atoms with Gasteiger partial charge in [0.25, 0.3) is 0 Å². The van der Waals surface area contributed by atoms with E-state index in [0.29, 0.717) is 6.04 Å². The van der Waals surface area contributed by atoms with Crippen molar-refractivity contribution in [1.29, 1.82) is 0 Å². The Kier molecular flexibility index (Phi) is 4.95. The molecule has 25 heavy (non-hydrogen) atoms. The second-order valence-corrected chi connectivity index (χ2v) is 7.54. The quantitative estimate of drug-likeness (QED) is 0.726. The van der Waals surface area contributed by atoms with E-state index < -0.39 is 0 Å². The van der Waals surface area contributed by atoms with E-state index in [9.17, 15) is 0 Å². The Morgan fingerprint density at radius 3 is 2.72 bits per heavy atom. The molecule has 0 saturated carbocycles. The summed E-state index contributed by atoms with van der Waals surface area (Å²) in [5.41, 5.74) is 2.46. The zero-order chi connectivity index (χ0) is 17.1. The Morgan fingerprint density at radius 1 is 1.16 bits per heavy atom. The molecule has 0 spiro atoms. The molecule has 2 aromatic heterocycles. The number of fused-ring (bicyclic) bond motifs is 1. The molecule has 0 unspecified atom stereocenters. The summed E-state index contributed by atoms with van der Waals surface area (Å²) >= 11 is 1.69. The topological polar surface area (TPSA) is 41.0 Å². The van der Waals surface area contributed by atoms with Gasteiger partial charge in [0.15, 0.2) is 0 Å². The summed E-state index contributed by atoms with van der Waals surface area (Å²) in [5.74, 6) is 0.985. The molecule has 3 heterocycles. The molecule has 0 amide bonds. The zero-order valence-electron chi connectivity index (χ0n) is 14.6. The van der Waals surface area contributed by atoms with Crippen molar-refractivity contribution in [2.24, 2.45) is 0 Å². The highest BCUT2D eigenvalue weighted by Crippen LogP contribution is 2.36. The van der Waals surface area contributed by atoms with Crippen LogP contribution in [0.25, 0.3) is 21.3 Å². The molecule has 3 aromatic rings. The maximum atomic E-state index is 4.59. The van der Waals surface area contributed by atoms with Crippen molar-refractivity contribution >= 4 is 27.4 Å². The number of hydrogen-bond acceptors (Lipinski definition) is 5. The van der Waals surface area contributed by atoms with Crippen molar-refractivity contribution < 1.29 is 0 Å².